The average molecular weight is 351 g/mol. The van der Waals surface area contributed by atoms with Crippen LogP contribution in [0.15, 0.2) is 18.3 Å². The minimum atomic E-state index is -4.41. The molecular formula is C14H20F3N3O2S. The second-order valence-corrected chi connectivity index (χ2v) is 7.50. The third-order valence-corrected chi connectivity index (χ3v) is 5.22. The molecule has 0 spiro atoms. The first-order valence-corrected chi connectivity index (χ1v) is 9.14. The molecule has 0 saturated carbocycles. The van der Waals surface area contributed by atoms with Crippen LogP contribution in [0.5, 0.6) is 0 Å². The third-order valence-electron chi connectivity index (χ3n) is 3.70. The van der Waals surface area contributed by atoms with Gasteiger partial charge in [-0.3, -0.25) is 0 Å². The van der Waals surface area contributed by atoms with Gasteiger partial charge < -0.3 is 4.90 Å². The molecule has 1 aliphatic rings. The molecule has 1 aromatic heterocycles. The zero-order valence-corrected chi connectivity index (χ0v) is 13.6. The van der Waals surface area contributed by atoms with Gasteiger partial charge in [-0.1, -0.05) is 13.3 Å². The molecular weight excluding hydrogens is 331 g/mol. The van der Waals surface area contributed by atoms with E-state index in [-0.39, 0.29) is 11.8 Å². The summed E-state index contributed by atoms with van der Waals surface area (Å²) in [6.45, 7) is 2.88. The summed E-state index contributed by atoms with van der Waals surface area (Å²) in [4.78, 5) is 5.62. The number of nitrogens with zero attached hydrogens (tertiary/aromatic N) is 2. The monoisotopic (exact) mass is 351 g/mol. The van der Waals surface area contributed by atoms with Crippen LogP contribution in [0.2, 0.25) is 0 Å². The van der Waals surface area contributed by atoms with Gasteiger partial charge in [-0.2, -0.15) is 13.2 Å². The van der Waals surface area contributed by atoms with Gasteiger partial charge in [-0.25, -0.2) is 18.1 Å². The Kier molecular flexibility index (Phi) is 5.51. The van der Waals surface area contributed by atoms with Crippen LogP contribution < -0.4 is 9.62 Å². The lowest BCUT2D eigenvalue weighted by Gasteiger charge is -2.18. The van der Waals surface area contributed by atoms with Gasteiger partial charge in [-0.15, -0.1) is 0 Å². The second kappa shape index (κ2) is 7.04. The van der Waals surface area contributed by atoms with Crippen molar-refractivity contribution in [3.63, 3.8) is 0 Å². The number of rotatable bonds is 6. The maximum absolute atomic E-state index is 12.5. The van der Waals surface area contributed by atoms with E-state index in [9.17, 15) is 21.6 Å². The van der Waals surface area contributed by atoms with Crippen molar-refractivity contribution in [1.29, 1.82) is 0 Å². The van der Waals surface area contributed by atoms with Gasteiger partial charge >= 0.3 is 6.18 Å². The lowest BCUT2D eigenvalue weighted by atomic mass is 10.3. The number of hydrogen-bond acceptors (Lipinski definition) is 4. The van der Waals surface area contributed by atoms with Crippen molar-refractivity contribution in [2.24, 2.45) is 0 Å². The van der Waals surface area contributed by atoms with Gasteiger partial charge in [0, 0.05) is 25.3 Å². The largest absolute Gasteiger partial charge is 0.417 e. The number of nitrogens with one attached hydrogen (secondary N) is 1. The Bertz CT molecular complexity index is 617. The molecule has 0 aromatic carbocycles. The van der Waals surface area contributed by atoms with E-state index in [1.165, 1.54) is 6.07 Å². The number of aromatic nitrogens is 1. The molecule has 0 aliphatic carbocycles. The minimum Gasteiger partial charge on any atom is -0.355 e. The second-order valence-electron chi connectivity index (χ2n) is 5.62. The summed E-state index contributed by atoms with van der Waals surface area (Å²) in [6.07, 6.45) is -1.60. The molecule has 2 rings (SSSR count). The number of hydrogen-bond donors (Lipinski definition) is 1. The Morgan fingerprint density at radius 2 is 2.13 bits per heavy atom. The van der Waals surface area contributed by atoms with Crippen LogP contribution in [0.4, 0.5) is 19.0 Å². The Labute approximate surface area is 133 Å². The molecule has 1 saturated heterocycles. The van der Waals surface area contributed by atoms with Crippen LogP contribution >= 0.6 is 0 Å². The first kappa shape index (κ1) is 18.0. The van der Waals surface area contributed by atoms with E-state index in [4.69, 9.17) is 0 Å². The van der Waals surface area contributed by atoms with Gasteiger partial charge in [0.2, 0.25) is 10.0 Å². The fraction of sp³-hybridized carbons (Fsp3) is 0.643. The number of alkyl halides is 3. The normalized spacial score (nSPS) is 19.3. The van der Waals surface area contributed by atoms with Crippen molar-refractivity contribution in [2.45, 2.75) is 38.4 Å². The molecule has 1 N–H and O–H groups in total. The number of sulfonamides is 1. The van der Waals surface area contributed by atoms with E-state index in [0.717, 1.165) is 18.7 Å². The van der Waals surface area contributed by atoms with Gasteiger partial charge in [0.1, 0.15) is 5.82 Å². The highest BCUT2D eigenvalue weighted by Gasteiger charge is 2.32. The van der Waals surface area contributed by atoms with Crippen LogP contribution in [-0.4, -0.2) is 38.3 Å². The standard InChI is InChI=1S/C14H20F3N3O2S/c1-2-3-8-23(21,22)19-12-6-7-20(10-12)13-5-4-11(9-18-13)14(15,16)17/h4-5,9,12,19H,2-3,6-8,10H2,1H3. The summed E-state index contributed by atoms with van der Waals surface area (Å²) >= 11 is 0. The zero-order valence-electron chi connectivity index (χ0n) is 12.8. The fourth-order valence-electron chi connectivity index (χ4n) is 2.45. The third kappa shape index (κ3) is 5.07. The van der Waals surface area contributed by atoms with Crippen molar-refractivity contribution in [1.82, 2.24) is 9.71 Å². The highest BCUT2D eigenvalue weighted by Crippen LogP contribution is 2.29. The van der Waals surface area contributed by atoms with E-state index in [2.05, 4.69) is 9.71 Å². The molecule has 5 nitrogen and oxygen atoms in total. The molecule has 1 aliphatic heterocycles. The summed E-state index contributed by atoms with van der Waals surface area (Å²) in [7, 11) is -3.30. The highest BCUT2D eigenvalue weighted by molar-refractivity contribution is 7.89. The molecule has 1 aromatic rings. The van der Waals surface area contributed by atoms with Gasteiger partial charge in [0.25, 0.3) is 0 Å². The highest BCUT2D eigenvalue weighted by atomic mass is 32.2. The van der Waals surface area contributed by atoms with Crippen molar-refractivity contribution in [3.05, 3.63) is 23.9 Å². The summed E-state index contributed by atoms with van der Waals surface area (Å²) < 4.78 is 63.9. The first-order chi connectivity index (χ1) is 10.7. The Morgan fingerprint density at radius 1 is 1.39 bits per heavy atom. The summed E-state index contributed by atoms with van der Waals surface area (Å²) in [5, 5.41) is 0. The summed E-state index contributed by atoms with van der Waals surface area (Å²) in [5.41, 5.74) is -0.794. The van der Waals surface area contributed by atoms with Crippen LogP contribution in [0.3, 0.4) is 0 Å². The molecule has 1 atom stereocenters. The Balaban J connectivity index is 1.95. The predicted molar refractivity (Wildman–Crippen MR) is 81.7 cm³/mol. The summed E-state index contributed by atoms with van der Waals surface area (Å²) in [6, 6.07) is 2.07. The molecule has 2 heterocycles. The van der Waals surface area contributed by atoms with E-state index in [0.29, 0.717) is 31.7 Å². The Morgan fingerprint density at radius 3 is 2.70 bits per heavy atom. The van der Waals surface area contributed by atoms with Gasteiger partial charge in [-0.05, 0) is 25.0 Å². The molecule has 0 amide bonds. The van der Waals surface area contributed by atoms with E-state index >= 15 is 0 Å². The van der Waals surface area contributed by atoms with Crippen molar-refractivity contribution in [2.75, 3.05) is 23.7 Å². The molecule has 0 bridgehead atoms. The molecule has 1 fully saturated rings. The van der Waals surface area contributed by atoms with E-state index in [1.807, 2.05) is 6.92 Å². The maximum Gasteiger partial charge on any atom is 0.417 e. The van der Waals surface area contributed by atoms with Crippen molar-refractivity contribution in [3.8, 4) is 0 Å². The topological polar surface area (TPSA) is 62.3 Å². The van der Waals surface area contributed by atoms with Crippen LogP contribution in [0, 0.1) is 0 Å². The lowest BCUT2D eigenvalue weighted by Crippen LogP contribution is -2.38. The molecule has 1 unspecified atom stereocenters. The van der Waals surface area contributed by atoms with E-state index in [1.54, 1.807) is 4.90 Å². The predicted octanol–water partition coefficient (Wildman–Crippen LogP) is 2.40. The van der Waals surface area contributed by atoms with Gasteiger partial charge in [0.15, 0.2) is 0 Å². The smallest absolute Gasteiger partial charge is 0.355 e. The van der Waals surface area contributed by atoms with Crippen LogP contribution in [0.1, 0.15) is 31.7 Å². The quantitative estimate of drug-likeness (QED) is 0.855. The maximum atomic E-state index is 12.5. The number of anilines is 1. The molecule has 23 heavy (non-hydrogen) atoms. The lowest BCUT2D eigenvalue weighted by molar-refractivity contribution is -0.137. The van der Waals surface area contributed by atoms with Gasteiger partial charge in [0.05, 0.1) is 11.3 Å². The number of pyridine rings is 1. The molecule has 0 radical (unpaired) electrons. The van der Waals surface area contributed by atoms with Crippen molar-refractivity contribution < 1.29 is 21.6 Å². The first-order valence-electron chi connectivity index (χ1n) is 7.49. The number of unbranched alkanes of at least 4 members (excludes halogenated alkanes) is 1. The minimum absolute atomic E-state index is 0.0958. The summed E-state index contributed by atoms with van der Waals surface area (Å²) in [5.74, 6) is 0.520. The average Bonchev–Trinajstić information content (AvgIpc) is 2.92. The molecule has 9 heteroatoms. The van der Waals surface area contributed by atoms with Crippen molar-refractivity contribution >= 4 is 15.8 Å². The zero-order chi connectivity index (χ0) is 17.1. The fourth-order valence-corrected chi connectivity index (χ4v) is 3.94. The SMILES string of the molecule is CCCCS(=O)(=O)NC1CCN(c2ccc(C(F)(F)F)cn2)C1. The van der Waals surface area contributed by atoms with Crippen LogP contribution in [-0.2, 0) is 16.2 Å². The number of halogens is 3. The molecule has 130 valence electrons. The van der Waals surface area contributed by atoms with Crippen LogP contribution in [0.25, 0.3) is 0 Å². The van der Waals surface area contributed by atoms with E-state index < -0.39 is 21.8 Å². The Hall–Kier alpha value is -1.35.